The van der Waals surface area contributed by atoms with Crippen LogP contribution in [0.4, 0.5) is 0 Å². The molecule has 0 spiro atoms. The zero-order valence-corrected chi connectivity index (χ0v) is 8.66. The van der Waals surface area contributed by atoms with Gasteiger partial charge in [-0.3, -0.25) is 0 Å². The van der Waals surface area contributed by atoms with Gasteiger partial charge in [0, 0.05) is 0 Å². The molecule has 1 N–H and O–H groups in total. The molecule has 3 nitrogen and oxygen atoms in total. The van der Waals surface area contributed by atoms with Crippen LogP contribution in [0, 0.1) is 11.8 Å². The van der Waals surface area contributed by atoms with Gasteiger partial charge >= 0.3 is 5.97 Å². The number of hydrogen-bond acceptors (Lipinski definition) is 3. The first-order valence-corrected chi connectivity index (χ1v) is 5.56. The Bertz CT molecular complexity index is 231. The first-order valence-electron chi connectivity index (χ1n) is 5.56. The van der Waals surface area contributed by atoms with E-state index in [0.29, 0.717) is 18.9 Å². The minimum Gasteiger partial charge on any atom is -0.464 e. The molecule has 3 aliphatic rings. The van der Waals surface area contributed by atoms with Crippen molar-refractivity contribution in [1.29, 1.82) is 0 Å². The zero-order chi connectivity index (χ0) is 10.2. The fraction of sp³-hybridized carbons (Fsp3) is 0.909. The summed E-state index contributed by atoms with van der Waals surface area (Å²) in [7, 11) is 0. The summed E-state index contributed by atoms with van der Waals surface area (Å²) in [5.74, 6) is 0.287. The maximum atomic E-state index is 11.6. The SMILES string of the molecule is CCOC(=O)C1(O)CC2CCC1CC2. The molecule has 0 aliphatic heterocycles. The number of fused-ring (bicyclic) bond motifs is 3. The quantitative estimate of drug-likeness (QED) is 0.684. The van der Waals surface area contributed by atoms with Crippen LogP contribution in [0.5, 0.6) is 0 Å². The van der Waals surface area contributed by atoms with E-state index in [9.17, 15) is 9.90 Å². The molecule has 3 aliphatic carbocycles. The zero-order valence-electron chi connectivity index (χ0n) is 8.66. The maximum absolute atomic E-state index is 11.6. The Hall–Kier alpha value is -0.570. The standard InChI is InChI=1S/C11H18O3/c1-2-14-10(12)11(13)7-8-3-5-9(11)6-4-8/h8-9,13H,2-7H2,1H3. The molecule has 1 atom stereocenters. The molecule has 0 saturated heterocycles. The summed E-state index contributed by atoms with van der Waals surface area (Å²) >= 11 is 0. The molecule has 14 heavy (non-hydrogen) atoms. The molecule has 1 unspecified atom stereocenters. The average Bonchev–Trinajstić information content (AvgIpc) is 2.19. The topological polar surface area (TPSA) is 46.5 Å². The molecule has 3 rings (SSSR count). The van der Waals surface area contributed by atoms with E-state index in [1.165, 1.54) is 12.8 Å². The fourth-order valence-electron chi connectivity index (χ4n) is 2.96. The van der Waals surface area contributed by atoms with Crippen molar-refractivity contribution in [3.63, 3.8) is 0 Å². The summed E-state index contributed by atoms with van der Waals surface area (Å²) in [6.45, 7) is 2.14. The Labute approximate surface area is 84.4 Å². The molecule has 3 heteroatoms. The third-order valence-corrected chi connectivity index (χ3v) is 3.75. The highest BCUT2D eigenvalue weighted by Crippen LogP contribution is 2.47. The molecule has 0 amide bonds. The number of hydrogen-bond donors (Lipinski definition) is 1. The summed E-state index contributed by atoms with van der Waals surface area (Å²) in [4.78, 5) is 11.6. The van der Waals surface area contributed by atoms with Crippen molar-refractivity contribution in [3.05, 3.63) is 0 Å². The van der Waals surface area contributed by atoms with E-state index >= 15 is 0 Å². The van der Waals surface area contributed by atoms with Crippen molar-refractivity contribution in [2.75, 3.05) is 6.61 Å². The van der Waals surface area contributed by atoms with E-state index in [-0.39, 0.29) is 5.92 Å². The minimum absolute atomic E-state index is 0.145. The molecule has 3 saturated carbocycles. The van der Waals surface area contributed by atoms with E-state index < -0.39 is 11.6 Å². The van der Waals surface area contributed by atoms with Gasteiger partial charge in [-0.25, -0.2) is 4.79 Å². The van der Waals surface area contributed by atoms with Crippen LogP contribution in [0.15, 0.2) is 0 Å². The molecule has 3 fully saturated rings. The molecule has 0 radical (unpaired) electrons. The van der Waals surface area contributed by atoms with Crippen molar-refractivity contribution < 1.29 is 14.6 Å². The Morgan fingerprint density at radius 3 is 2.50 bits per heavy atom. The van der Waals surface area contributed by atoms with Gasteiger partial charge in [0.05, 0.1) is 6.61 Å². The van der Waals surface area contributed by atoms with E-state index in [1.54, 1.807) is 6.92 Å². The van der Waals surface area contributed by atoms with Crippen LogP contribution in [-0.2, 0) is 9.53 Å². The van der Waals surface area contributed by atoms with Crippen molar-refractivity contribution in [3.8, 4) is 0 Å². The summed E-state index contributed by atoms with van der Waals surface area (Å²) in [5, 5.41) is 10.3. The Morgan fingerprint density at radius 1 is 1.43 bits per heavy atom. The van der Waals surface area contributed by atoms with Crippen LogP contribution in [0.25, 0.3) is 0 Å². The summed E-state index contributed by atoms with van der Waals surface area (Å²) in [6.07, 6.45) is 4.94. The lowest BCUT2D eigenvalue weighted by molar-refractivity contribution is -0.184. The number of ether oxygens (including phenoxy) is 1. The second-order valence-electron chi connectivity index (χ2n) is 4.57. The van der Waals surface area contributed by atoms with Gasteiger partial charge in [-0.05, 0) is 50.9 Å². The van der Waals surface area contributed by atoms with Crippen LogP contribution in [-0.4, -0.2) is 23.3 Å². The molecule has 0 aromatic rings. The second-order valence-corrected chi connectivity index (χ2v) is 4.57. The highest BCUT2D eigenvalue weighted by molar-refractivity contribution is 5.80. The van der Waals surface area contributed by atoms with Crippen LogP contribution >= 0.6 is 0 Å². The number of carbonyl (C=O) groups is 1. The van der Waals surface area contributed by atoms with Crippen LogP contribution in [0.1, 0.15) is 39.0 Å². The maximum Gasteiger partial charge on any atom is 0.338 e. The third kappa shape index (κ3) is 1.44. The van der Waals surface area contributed by atoms with Crippen molar-refractivity contribution >= 4 is 5.97 Å². The molecule has 0 aromatic carbocycles. The number of rotatable bonds is 2. The van der Waals surface area contributed by atoms with E-state index in [0.717, 1.165) is 12.8 Å². The van der Waals surface area contributed by atoms with Crippen LogP contribution in [0.3, 0.4) is 0 Å². The lowest BCUT2D eigenvalue weighted by Crippen LogP contribution is -2.53. The number of aliphatic hydroxyl groups is 1. The Balaban J connectivity index is 2.11. The van der Waals surface area contributed by atoms with Crippen molar-refractivity contribution in [1.82, 2.24) is 0 Å². The summed E-state index contributed by atoms with van der Waals surface area (Å²) < 4.78 is 4.95. The number of esters is 1. The lowest BCUT2D eigenvalue weighted by atomic mass is 9.62. The van der Waals surface area contributed by atoms with Crippen LogP contribution in [0.2, 0.25) is 0 Å². The monoisotopic (exact) mass is 198 g/mol. The van der Waals surface area contributed by atoms with E-state index in [4.69, 9.17) is 4.74 Å². The first-order chi connectivity index (χ1) is 6.66. The van der Waals surface area contributed by atoms with Gasteiger partial charge < -0.3 is 9.84 Å². The lowest BCUT2D eigenvalue weighted by Gasteiger charge is -2.46. The first kappa shape index (κ1) is 9.97. The van der Waals surface area contributed by atoms with Gasteiger partial charge in [0.2, 0.25) is 0 Å². The number of carbonyl (C=O) groups excluding carboxylic acids is 1. The second kappa shape index (κ2) is 3.54. The Morgan fingerprint density at radius 2 is 2.07 bits per heavy atom. The van der Waals surface area contributed by atoms with Crippen LogP contribution < -0.4 is 0 Å². The van der Waals surface area contributed by atoms with E-state index in [1.807, 2.05) is 0 Å². The predicted octanol–water partition coefficient (Wildman–Crippen LogP) is 1.49. The highest BCUT2D eigenvalue weighted by atomic mass is 16.5. The van der Waals surface area contributed by atoms with Crippen molar-refractivity contribution in [2.24, 2.45) is 11.8 Å². The molecule has 80 valence electrons. The molecule has 0 heterocycles. The predicted molar refractivity (Wildman–Crippen MR) is 51.6 cm³/mol. The molecular weight excluding hydrogens is 180 g/mol. The molecule has 0 aromatic heterocycles. The normalized spacial score (nSPS) is 41.0. The fourth-order valence-corrected chi connectivity index (χ4v) is 2.96. The van der Waals surface area contributed by atoms with Gasteiger partial charge in [0.15, 0.2) is 5.60 Å². The Kier molecular flexibility index (Phi) is 2.52. The average molecular weight is 198 g/mol. The summed E-state index contributed by atoms with van der Waals surface area (Å²) in [5.41, 5.74) is -1.16. The smallest absolute Gasteiger partial charge is 0.338 e. The van der Waals surface area contributed by atoms with Crippen molar-refractivity contribution in [2.45, 2.75) is 44.6 Å². The van der Waals surface area contributed by atoms with Gasteiger partial charge in [-0.15, -0.1) is 0 Å². The third-order valence-electron chi connectivity index (χ3n) is 3.75. The summed E-state index contributed by atoms with van der Waals surface area (Å²) in [6, 6.07) is 0. The van der Waals surface area contributed by atoms with Gasteiger partial charge in [0.25, 0.3) is 0 Å². The minimum atomic E-state index is -1.16. The molecular formula is C11H18O3. The van der Waals surface area contributed by atoms with Gasteiger partial charge in [-0.2, -0.15) is 0 Å². The van der Waals surface area contributed by atoms with Gasteiger partial charge in [-0.1, -0.05) is 0 Å². The molecule has 2 bridgehead atoms. The highest BCUT2D eigenvalue weighted by Gasteiger charge is 2.52. The largest absolute Gasteiger partial charge is 0.464 e. The van der Waals surface area contributed by atoms with Gasteiger partial charge in [0.1, 0.15) is 0 Å². The van der Waals surface area contributed by atoms with E-state index in [2.05, 4.69) is 0 Å².